The molecule has 0 saturated heterocycles. The van der Waals surface area contributed by atoms with Crippen molar-refractivity contribution in [3.05, 3.63) is 48.0 Å². The van der Waals surface area contributed by atoms with E-state index in [4.69, 9.17) is 14.2 Å². The normalized spacial score (nSPS) is 11.3. The molecule has 0 saturated carbocycles. The Morgan fingerprint density at radius 3 is 2.42 bits per heavy atom. The average molecular weight is 447 g/mol. The molecule has 0 aliphatic rings. The van der Waals surface area contributed by atoms with Crippen LogP contribution in [-0.4, -0.2) is 62.9 Å². The quantitative estimate of drug-likeness (QED) is 0.467. The molecule has 1 atom stereocenters. The van der Waals surface area contributed by atoms with Crippen LogP contribution in [0.2, 0.25) is 0 Å². The molecule has 0 unspecified atom stereocenters. The highest BCUT2D eigenvalue weighted by atomic mass is 32.2. The molecule has 0 aromatic heterocycles. The van der Waals surface area contributed by atoms with Crippen molar-refractivity contribution in [2.75, 3.05) is 39.4 Å². The summed E-state index contributed by atoms with van der Waals surface area (Å²) in [4.78, 5) is 39.2. The molecule has 31 heavy (non-hydrogen) atoms. The van der Waals surface area contributed by atoms with E-state index < -0.39 is 18.0 Å². The second-order valence-electron chi connectivity index (χ2n) is 6.68. The van der Waals surface area contributed by atoms with Gasteiger partial charge >= 0.3 is 5.97 Å². The molecular formula is C22H26N2O6S. The maximum atomic E-state index is 12.7. The molecule has 0 heterocycles. The van der Waals surface area contributed by atoms with Gasteiger partial charge in [-0.1, -0.05) is 12.1 Å². The summed E-state index contributed by atoms with van der Waals surface area (Å²) in [7, 11) is 6.33. The molecule has 9 heteroatoms. The number of nitrogens with zero attached hydrogens (tertiary/aromatic N) is 1. The van der Waals surface area contributed by atoms with Crippen molar-refractivity contribution in [3.8, 4) is 11.5 Å². The van der Waals surface area contributed by atoms with Crippen molar-refractivity contribution in [1.82, 2.24) is 4.90 Å². The third kappa shape index (κ3) is 6.65. The van der Waals surface area contributed by atoms with Crippen LogP contribution in [0.3, 0.4) is 0 Å². The van der Waals surface area contributed by atoms with E-state index in [0.717, 1.165) is 0 Å². The van der Waals surface area contributed by atoms with Crippen LogP contribution in [0.15, 0.2) is 47.4 Å². The standard InChI is InChI=1S/C22H26N2O6S/c1-14(21(26)23-17-12-15(28-4)10-11-18(17)29-5)30-22(27)16-8-6-7-9-19(16)31-13-20(25)24(2)3/h6-12,14H,13H2,1-5H3,(H,23,26)/t14-/m1/s1. The molecule has 0 aliphatic carbocycles. The van der Waals surface area contributed by atoms with Gasteiger partial charge in [-0.05, 0) is 31.2 Å². The Morgan fingerprint density at radius 1 is 1.06 bits per heavy atom. The van der Waals surface area contributed by atoms with Crippen LogP contribution in [0.1, 0.15) is 17.3 Å². The minimum atomic E-state index is -1.06. The second kappa shape index (κ2) is 11.3. The maximum absolute atomic E-state index is 12.7. The molecule has 8 nitrogen and oxygen atoms in total. The summed E-state index contributed by atoms with van der Waals surface area (Å²) in [6, 6.07) is 11.8. The molecule has 2 amide bonds. The lowest BCUT2D eigenvalue weighted by molar-refractivity contribution is -0.126. The first kappa shape index (κ1) is 24.1. The average Bonchev–Trinajstić information content (AvgIpc) is 2.77. The molecule has 0 spiro atoms. The van der Waals surface area contributed by atoms with Crippen LogP contribution in [0.25, 0.3) is 0 Å². The predicted octanol–water partition coefficient (Wildman–Crippen LogP) is 3.07. The van der Waals surface area contributed by atoms with Gasteiger partial charge in [-0.25, -0.2) is 4.79 Å². The molecule has 0 bridgehead atoms. The van der Waals surface area contributed by atoms with Gasteiger partial charge < -0.3 is 24.4 Å². The Morgan fingerprint density at radius 2 is 1.77 bits per heavy atom. The number of amides is 2. The number of methoxy groups -OCH3 is 2. The van der Waals surface area contributed by atoms with Gasteiger partial charge in [-0.3, -0.25) is 9.59 Å². The summed E-state index contributed by atoms with van der Waals surface area (Å²) in [6.07, 6.45) is -1.06. The van der Waals surface area contributed by atoms with E-state index in [-0.39, 0.29) is 17.2 Å². The van der Waals surface area contributed by atoms with E-state index in [0.29, 0.717) is 22.1 Å². The number of hydrogen-bond donors (Lipinski definition) is 1. The highest BCUT2D eigenvalue weighted by Gasteiger charge is 2.22. The Labute approximate surface area is 185 Å². The maximum Gasteiger partial charge on any atom is 0.340 e. The van der Waals surface area contributed by atoms with Gasteiger partial charge in [0.15, 0.2) is 6.10 Å². The summed E-state index contributed by atoms with van der Waals surface area (Å²) in [6.45, 7) is 1.48. The number of anilines is 1. The summed E-state index contributed by atoms with van der Waals surface area (Å²) >= 11 is 1.24. The number of rotatable bonds is 9. The van der Waals surface area contributed by atoms with E-state index in [1.54, 1.807) is 56.6 Å². The van der Waals surface area contributed by atoms with Crippen molar-refractivity contribution >= 4 is 35.2 Å². The number of ether oxygens (including phenoxy) is 3. The number of nitrogens with one attached hydrogen (secondary N) is 1. The lowest BCUT2D eigenvalue weighted by Gasteiger charge is -2.17. The van der Waals surface area contributed by atoms with E-state index in [2.05, 4.69) is 5.32 Å². The van der Waals surface area contributed by atoms with Crippen LogP contribution in [0.4, 0.5) is 5.69 Å². The number of hydrogen-bond acceptors (Lipinski definition) is 7. The Bertz CT molecular complexity index is 947. The van der Waals surface area contributed by atoms with Crippen molar-refractivity contribution < 1.29 is 28.6 Å². The van der Waals surface area contributed by atoms with E-state index in [1.165, 1.54) is 37.8 Å². The lowest BCUT2D eigenvalue weighted by atomic mass is 10.2. The third-order valence-electron chi connectivity index (χ3n) is 4.27. The van der Waals surface area contributed by atoms with Crippen LogP contribution in [-0.2, 0) is 14.3 Å². The van der Waals surface area contributed by atoms with Crippen LogP contribution in [0.5, 0.6) is 11.5 Å². The molecular weight excluding hydrogens is 420 g/mol. The number of carbonyl (C=O) groups is 3. The highest BCUT2D eigenvalue weighted by molar-refractivity contribution is 8.00. The van der Waals surface area contributed by atoms with E-state index in [1.807, 2.05) is 0 Å². The van der Waals surface area contributed by atoms with Gasteiger partial charge in [0.1, 0.15) is 11.5 Å². The van der Waals surface area contributed by atoms with E-state index >= 15 is 0 Å². The summed E-state index contributed by atoms with van der Waals surface area (Å²) in [5, 5.41) is 2.68. The van der Waals surface area contributed by atoms with Gasteiger partial charge in [0.05, 0.1) is 31.2 Å². The van der Waals surface area contributed by atoms with Gasteiger partial charge in [0.25, 0.3) is 5.91 Å². The fraction of sp³-hybridized carbons (Fsp3) is 0.318. The topological polar surface area (TPSA) is 94.2 Å². The van der Waals surface area contributed by atoms with Crippen LogP contribution < -0.4 is 14.8 Å². The van der Waals surface area contributed by atoms with Crippen LogP contribution in [0, 0.1) is 0 Å². The Kier molecular flexibility index (Phi) is 8.75. The first-order valence-corrected chi connectivity index (χ1v) is 10.4. The van der Waals surface area contributed by atoms with Crippen molar-refractivity contribution in [1.29, 1.82) is 0 Å². The number of esters is 1. The lowest BCUT2D eigenvalue weighted by Crippen LogP contribution is -2.30. The molecule has 2 aromatic rings. The molecule has 0 aliphatic heterocycles. The summed E-state index contributed by atoms with van der Waals surface area (Å²) < 4.78 is 15.8. The second-order valence-corrected chi connectivity index (χ2v) is 7.69. The van der Waals surface area contributed by atoms with Gasteiger partial charge in [-0.2, -0.15) is 0 Å². The van der Waals surface area contributed by atoms with Crippen molar-refractivity contribution in [2.45, 2.75) is 17.9 Å². The zero-order valence-corrected chi connectivity index (χ0v) is 18.9. The molecule has 0 fully saturated rings. The zero-order chi connectivity index (χ0) is 23.0. The predicted molar refractivity (Wildman–Crippen MR) is 119 cm³/mol. The summed E-state index contributed by atoms with van der Waals surface area (Å²) in [5.74, 6) is -0.0798. The fourth-order valence-corrected chi connectivity index (χ4v) is 3.47. The first-order chi connectivity index (χ1) is 14.8. The largest absolute Gasteiger partial charge is 0.497 e. The zero-order valence-electron chi connectivity index (χ0n) is 18.1. The number of thioether (sulfide) groups is 1. The number of carbonyl (C=O) groups excluding carboxylic acids is 3. The number of benzene rings is 2. The molecule has 1 N–H and O–H groups in total. The van der Waals surface area contributed by atoms with Gasteiger partial charge in [0, 0.05) is 25.1 Å². The first-order valence-electron chi connectivity index (χ1n) is 9.42. The monoisotopic (exact) mass is 446 g/mol. The van der Waals surface area contributed by atoms with Gasteiger partial charge in [-0.15, -0.1) is 11.8 Å². The molecule has 166 valence electrons. The molecule has 2 aromatic carbocycles. The molecule has 2 rings (SSSR count). The minimum absolute atomic E-state index is 0.0758. The summed E-state index contributed by atoms with van der Waals surface area (Å²) in [5.41, 5.74) is 0.686. The van der Waals surface area contributed by atoms with Gasteiger partial charge in [0.2, 0.25) is 5.91 Å². The van der Waals surface area contributed by atoms with Crippen molar-refractivity contribution in [3.63, 3.8) is 0 Å². The highest BCUT2D eigenvalue weighted by Crippen LogP contribution is 2.29. The molecule has 0 radical (unpaired) electrons. The van der Waals surface area contributed by atoms with E-state index in [9.17, 15) is 14.4 Å². The minimum Gasteiger partial charge on any atom is -0.497 e. The smallest absolute Gasteiger partial charge is 0.340 e. The SMILES string of the molecule is COc1ccc(OC)c(NC(=O)[C@@H](C)OC(=O)c2ccccc2SCC(=O)N(C)C)c1. The fourth-order valence-electron chi connectivity index (χ4n) is 2.45. The Hall–Kier alpha value is -3.20. The third-order valence-corrected chi connectivity index (χ3v) is 5.33. The Balaban J connectivity index is 2.07. The van der Waals surface area contributed by atoms with Crippen LogP contribution >= 0.6 is 11.8 Å². The van der Waals surface area contributed by atoms with Crippen molar-refractivity contribution in [2.24, 2.45) is 0 Å².